The number of halogens is 1. The van der Waals surface area contributed by atoms with Gasteiger partial charge in [0, 0.05) is 28.3 Å². The number of nitrogens with zero attached hydrogens (tertiary/aromatic N) is 1. The third-order valence-corrected chi connectivity index (χ3v) is 3.86. The summed E-state index contributed by atoms with van der Waals surface area (Å²) >= 11 is 7.50. The number of anilines is 1. The zero-order valence-corrected chi connectivity index (χ0v) is 12.9. The first kappa shape index (κ1) is 14.8. The van der Waals surface area contributed by atoms with E-state index in [-0.39, 0.29) is 5.91 Å². The summed E-state index contributed by atoms with van der Waals surface area (Å²) in [7, 11) is 0. The number of amides is 1. The average molecular weight is 310 g/mol. The third-order valence-electron chi connectivity index (χ3n) is 2.66. The SMILES string of the molecule is CCNc1ccc(Cl)cc1C(=O)NCc1nc(C)cs1. The summed E-state index contributed by atoms with van der Waals surface area (Å²) in [6.45, 7) is 5.08. The predicted molar refractivity (Wildman–Crippen MR) is 83.6 cm³/mol. The molecule has 0 spiro atoms. The quantitative estimate of drug-likeness (QED) is 0.889. The lowest BCUT2D eigenvalue weighted by Gasteiger charge is -2.11. The van der Waals surface area contributed by atoms with Gasteiger partial charge in [-0.15, -0.1) is 11.3 Å². The van der Waals surface area contributed by atoms with Gasteiger partial charge in [-0.3, -0.25) is 4.79 Å². The molecule has 2 N–H and O–H groups in total. The van der Waals surface area contributed by atoms with Gasteiger partial charge in [-0.1, -0.05) is 11.6 Å². The van der Waals surface area contributed by atoms with E-state index in [9.17, 15) is 4.79 Å². The van der Waals surface area contributed by atoms with Crippen molar-refractivity contribution in [2.24, 2.45) is 0 Å². The lowest BCUT2D eigenvalue weighted by atomic mass is 10.1. The highest BCUT2D eigenvalue weighted by Crippen LogP contribution is 2.20. The van der Waals surface area contributed by atoms with Gasteiger partial charge in [-0.05, 0) is 32.0 Å². The summed E-state index contributed by atoms with van der Waals surface area (Å²) in [5.74, 6) is -0.156. The van der Waals surface area contributed by atoms with Crippen LogP contribution in [-0.4, -0.2) is 17.4 Å². The van der Waals surface area contributed by atoms with Crippen LogP contribution in [0.5, 0.6) is 0 Å². The summed E-state index contributed by atoms with van der Waals surface area (Å²) in [4.78, 5) is 16.6. The summed E-state index contributed by atoms with van der Waals surface area (Å²) in [5.41, 5.74) is 2.30. The predicted octanol–water partition coefficient (Wildman–Crippen LogP) is 3.47. The van der Waals surface area contributed by atoms with Gasteiger partial charge in [0.15, 0.2) is 0 Å². The van der Waals surface area contributed by atoms with Crippen LogP contribution < -0.4 is 10.6 Å². The number of carbonyl (C=O) groups is 1. The molecule has 1 heterocycles. The molecular weight excluding hydrogens is 294 g/mol. The second-order valence-electron chi connectivity index (χ2n) is 4.29. The van der Waals surface area contributed by atoms with Crippen LogP contribution in [0, 0.1) is 6.92 Å². The second-order valence-corrected chi connectivity index (χ2v) is 5.66. The smallest absolute Gasteiger partial charge is 0.253 e. The van der Waals surface area contributed by atoms with E-state index in [1.165, 1.54) is 11.3 Å². The number of hydrogen-bond acceptors (Lipinski definition) is 4. The second kappa shape index (κ2) is 6.72. The molecule has 6 heteroatoms. The van der Waals surface area contributed by atoms with Gasteiger partial charge in [0.25, 0.3) is 5.91 Å². The van der Waals surface area contributed by atoms with Crippen LogP contribution in [0.1, 0.15) is 28.0 Å². The molecule has 20 heavy (non-hydrogen) atoms. The number of benzene rings is 1. The molecule has 0 unspecified atom stereocenters. The summed E-state index contributed by atoms with van der Waals surface area (Å²) < 4.78 is 0. The fourth-order valence-electron chi connectivity index (χ4n) is 1.78. The molecular formula is C14H16ClN3OS. The normalized spacial score (nSPS) is 10.3. The van der Waals surface area contributed by atoms with Crippen molar-refractivity contribution >= 4 is 34.5 Å². The molecule has 0 aliphatic rings. The van der Waals surface area contributed by atoms with Crippen molar-refractivity contribution < 1.29 is 4.79 Å². The molecule has 0 saturated heterocycles. The van der Waals surface area contributed by atoms with Gasteiger partial charge in [-0.25, -0.2) is 4.98 Å². The molecule has 4 nitrogen and oxygen atoms in total. The van der Waals surface area contributed by atoms with Crippen LogP contribution in [0.4, 0.5) is 5.69 Å². The first-order valence-corrected chi connectivity index (χ1v) is 7.58. The van der Waals surface area contributed by atoms with Crippen LogP contribution >= 0.6 is 22.9 Å². The van der Waals surface area contributed by atoms with Crippen LogP contribution in [0.25, 0.3) is 0 Å². The number of carbonyl (C=O) groups excluding carboxylic acids is 1. The third kappa shape index (κ3) is 3.71. The van der Waals surface area contributed by atoms with Crippen LogP contribution in [0.3, 0.4) is 0 Å². The van der Waals surface area contributed by atoms with Crippen molar-refractivity contribution in [3.8, 4) is 0 Å². The maximum Gasteiger partial charge on any atom is 0.253 e. The van der Waals surface area contributed by atoms with E-state index in [1.807, 2.05) is 25.3 Å². The first-order valence-electron chi connectivity index (χ1n) is 6.32. The first-order chi connectivity index (χ1) is 9.60. The van der Waals surface area contributed by atoms with Gasteiger partial charge in [0.1, 0.15) is 5.01 Å². The Hall–Kier alpha value is -1.59. The van der Waals surface area contributed by atoms with Gasteiger partial charge < -0.3 is 10.6 Å². The minimum atomic E-state index is -0.156. The highest BCUT2D eigenvalue weighted by atomic mass is 35.5. The lowest BCUT2D eigenvalue weighted by molar-refractivity contribution is 0.0951. The van der Waals surface area contributed by atoms with Gasteiger partial charge in [-0.2, -0.15) is 0 Å². The Labute approximate surface area is 127 Å². The van der Waals surface area contributed by atoms with Crippen molar-refractivity contribution in [2.75, 3.05) is 11.9 Å². The molecule has 0 bridgehead atoms. The topological polar surface area (TPSA) is 54.0 Å². The molecule has 0 fully saturated rings. The van der Waals surface area contributed by atoms with Gasteiger partial charge in [0.05, 0.1) is 12.1 Å². The van der Waals surface area contributed by atoms with E-state index < -0.39 is 0 Å². The lowest BCUT2D eigenvalue weighted by Crippen LogP contribution is -2.24. The number of nitrogens with one attached hydrogen (secondary N) is 2. The van der Waals surface area contributed by atoms with E-state index in [0.717, 1.165) is 22.9 Å². The number of hydrogen-bond donors (Lipinski definition) is 2. The van der Waals surface area contributed by atoms with Crippen LogP contribution in [-0.2, 0) is 6.54 Å². The van der Waals surface area contributed by atoms with Crippen molar-refractivity contribution in [1.29, 1.82) is 0 Å². The standard InChI is InChI=1S/C14H16ClN3OS/c1-3-16-12-5-4-10(15)6-11(12)14(19)17-7-13-18-9(2)8-20-13/h4-6,8,16H,3,7H2,1-2H3,(H,17,19). The zero-order chi connectivity index (χ0) is 14.5. The molecule has 1 amide bonds. The fraction of sp³-hybridized carbons (Fsp3) is 0.286. The monoisotopic (exact) mass is 309 g/mol. The molecule has 0 saturated carbocycles. The summed E-state index contributed by atoms with van der Waals surface area (Å²) in [6, 6.07) is 5.25. The van der Waals surface area contributed by atoms with Crippen molar-refractivity contribution in [1.82, 2.24) is 10.3 Å². The fourth-order valence-corrected chi connectivity index (χ4v) is 2.67. The minimum Gasteiger partial charge on any atom is -0.385 e. The van der Waals surface area contributed by atoms with E-state index in [1.54, 1.807) is 12.1 Å². The molecule has 0 aliphatic carbocycles. The van der Waals surface area contributed by atoms with Crippen LogP contribution in [0.15, 0.2) is 23.6 Å². The van der Waals surface area contributed by atoms with E-state index in [2.05, 4.69) is 15.6 Å². The van der Waals surface area contributed by atoms with E-state index >= 15 is 0 Å². The van der Waals surface area contributed by atoms with Crippen LogP contribution in [0.2, 0.25) is 5.02 Å². The Morgan fingerprint density at radius 2 is 2.25 bits per heavy atom. The van der Waals surface area contributed by atoms with Gasteiger partial charge >= 0.3 is 0 Å². The Morgan fingerprint density at radius 1 is 1.45 bits per heavy atom. The number of thiazole rings is 1. The molecule has 1 aromatic carbocycles. The highest BCUT2D eigenvalue weighted by molar-refractivity contribution is 7.09. The van der Waals surface area contributed by atoms with Crippen molar-refractivity contribution in [2.45, 2.75) is 20.4 Å². The highest BCUT2D eigenvalue weighted by Gasteiger charge is 2.12. The van der Waals surface area contributed by atoms with Gasteiger partial charge in [0.2, 0.25) is 0 Å². The molecule has 2 rings (SSSR count). The van der Waals surface area contributed by atoms with Crippen molar-refractivity contribution in [3.05, 3.63) is 44.9 Å². The Kier molecular flexibility index (Phi) is 4.98. The molecule has 0 aliphatic heterocycles. The minimum absolute atomic E-state index is 0.156. The average Bonchev–Trinajstić information content (AvgIpc) is 2.84. The van der Waals surface area contributed by atoms with E-state index in [4.69, 9.17) is 11.6 Å². The van der Waals surface area contributed by atoms with Crippen molar-refractivity contribution in [3.63, 3.8) is 0 Å². The molecule has 0 radical (unpaired) electrons. The zero-order valence-electron chi connectivity index (χ0n) is 11.4. The largest absolute Gasteiger partial charge is 0.385 e. The Balaban J connectivity index is 2.09. The maximum atomic E-state index is 12.2. The Bertz CT molecular complexity index is 612. The number of aryl methyl sites for hydroxylation is 1. The summed E-state index contributed by atoms with van der Waals surface area (Å²) in [5, 5.41) is 9.42. The molecule has 2 aromatic rings. The van der Waals surface area contributed by atoms with E-state index in [0.29, 0.717) is 17.1 Å². The molecule has 1 aromatic heterocycles. The maximum absolute atomic E-state index is 12.2. The molecule has 106 valence electrons. The summed E-state index contributed by atoms with van der Waals surface area (Å²) in [6.07, 6.45) is 0. The number of aromatic nitrogens is 1. The Morgan fingerprint density at radius 3 is 2.90 bits per heavy atom. The molecule has 0 atom stereocenters. The number of rotatable bonds is 5.